The van der Waals surface area contributed by atoms with E-state index in [0.717, 1.165) is 10.0 Å². The molecule has 0 saturated heterocycles. The molecule has 1 rings (SSSR count). The Bertz CT molecular complexity index is 402. The molecule has 94 valence electrons. The molecule has 0 heterocycles. The van der Waals surface area contributed by atoms with E-state index >= 15 is 0 Å². The van der Waals surface area contributed by atoms with Gasteiger partial charge in [-0.15, -0.1) is 0 Å². The average molecular weight is 300 g/mol. The van der Waals surface area contributed by atoms with Crippen LogP contribution in [0.25, 0.3) is 0 Å². The average Bonchev–Trinajstić information content (AvgIpc) is 2.26. The van der Waals surface area contributed by atoms with E-state index in [4.69, 9.17) is 5.11 Å². The fourth-order valence-electron chi connectivity index (χ4n) is 1.47. The van der Waals surface area contributed by atoms with Crippen LogP contribution in [0, 0.1) is 0 Å². The summed E-state index contributed by atoms with van der Waals surface area (Å²) in [6.45, 7) is 6.06. The van der Waals surface area contributed by atoms with E-state index in [1.165, 1.54) is 6.92 Å². The van der Waals surface area contributed by atoms with E-state index < -0.39 is 6.10 Å². The summed E-state index contributed by atoms with van der Waals surface area (Å²) in [4.78, 5) is 11.3. The minimum Gasteiger partial charge on any atom is -0.384 e. The Morgan fingerprint density at radius 1 is 1.53 bits per heavy atom. The highest BCUT2D eigenvalue weighted by Crippen LogP contribution is 2.24. The number of rotatable bonds is 4. The molecule has 0 radical (unpaired) electrons. The molecule has 3 nitrogen and oxygen atoms in total. The predicted molar refractivity (Wildman–Crippen MR) is 71.9 cm³/mol. The lowest BCUT2D eigenvalue weighted by Crippen LogP contribution is -2.40. The molecule has 1 atom stereocenters. The van der Waals surface area contributed by atoms with Crippen LogP contribution >= 0.6 is 15.9 Å². The predicted octanol–water partition coefficient (Wildman–Crippen LogP) is 2.22. The molecule has 1 amide bonds. The minimum absolute atomic E-state index is 0.172. The zero-order chi connectivity index (χ0) is 13.1. The summed E-state index contributed by atoms with van der Waals surface area (Å²) >= 11 is 3.43. The quantitative estimate of drug-likeness (QED) is 0.896. The van der Waals surface area contributed by atoms with Crippen LogP contribution in [0.3, 0.4) is 0 Å². The third kappa shape index (κ3) is 4.13. The van der Waals surface area contributed by atoms with Gasteiger partial charge >= 0.3 is 0 Å². The first-order chi connectivity index (χ1) is 7.83. The number of aliphatic hydroxyl groups excluding tert-OH is 1. The molecule has 2 N–H and O–H groups in total. The van der Waals surface area contributed by atoms with Crippen molar-refractivity contribution in [1.82, 2.24) is 5.32 Å². The smallest absolute Gasteiger partial charge is 0.248 e. The second-order valence-electron chi connectivity index (χ2n) is 4.79. The van der Waals surface area contributed by atoms with Crippen molar-refractivity contribution in [2.24, 2.45) is 0 Å². The molecular weight excluding hydrogens is 282 g/mol. The minimum atomic E-state index is -0.965. The standard InChI is InChI=1S/C13H18BrNO2/c1-9(16)12(17)15-8-13(2,3)10-5-4-6-11(14)7-10/h4-7,9,16H,8H2,1-3H3,(H,15,17). The van der Waals surface area contributed by atoms with E-state index in [0.29, 0.717) is 6.54 Å². The first kappa shape index (κ1) is 14.2. The summed E-state index contributed by atoms with van der Waals surface area (Å²) in [5.41, 5.74) is 0.965. The number of carbonyl (C=O) groups excluding carboxylic acids is 1. The SMILES string of the molecule is CC(O)C(=O)NCC(C)(C)c1cccc(Br)c1. The van der Waals surface area contributed by atoms with Crippen LogP contribution < -0.4 is 5.32 Å². The second-order valence-corrected chi connectivity index (χ2v) is 5.70. The van der Waals surface area contributed by atoms with Gasteiger partial charge in [-0.05, 0) is 24.6 Å². The van der Waals surface area contributed by atoms with Crippen LogP contribution in [0.4, 0.5) is 0 Å². The molecule has 0 aliphatic heterocycles. The van der Waals surface area contributed by atoms with Crippen molar-refractivity contribution in [3.05, 3.63) is 34.3 Å². The molecule has 1 aromatic rings. The summed E-state index contributed by atoms with van der Waals surface area (Å²) < 4.78 is 1.02. The number of aliphatic hydroxyl groups is 1. The Labute approximate surface area is 110 Å². The molecule has 1 unspecified atom stereocenters. The molecule has 0 saturated carbocycles. The first-order valence-electron chi connectivity index (χ1n) is 5.55. The van der Waals surface area contributed by atoms with Gasteiger partial charge in [0, 0.05) is 16.4 Å². The van der Waals surface area contributed by atoms with Crippen molar-refractivity contribution in [2.75, 3.05) is 6.54 Å². The first-order valence-corrected chi connectivity index (χ1v) is 6.34. The third-order valence-corrected chi connectivity index (χ3v) is 3.18. The number of carbonyl (C=O) groups is 1. The van der Waals surface area contributed by atoms with Gasteiger partial charge in [-0.1, -0.05) is 41.9 Å². The molecule has 4 heteroatoms. The lowest BCUT2D eigenvalue weighted by atomic mass is 9.84. The Morgan fingerprint density at radius 2 is 2.18 bits per heavy atom. The van der Waals surface area contributed by atoms with Crippen molar-refractivity contribution in [3.63, 3.8) is 0 Å². The lowest BCUT2D eigenvalue weighted by molar-refractivity contribution is -0.128. The number of hydrogen-bond donors (Lipinski definition) is 2. The molecule has 0 aliphatic rings. The zero-order valence-electron chi connectivity index (χ0n) is 10.3. The van der Waals surface area contributed by atoms with Gasteiger partial charge in [0.05, 0.1) is 0 Å². The molecule has 0 spiro atoms. The zero-order valence-corrected chi connectivity index (χ0v) is 11.9. The van der Waals surface area contributed by atoms with Crippen molar-refractivity contribution in [2.45, 2.75) is 32.3 Å². The van der Waals surface area contributed by atoms with E-state index in [9.17, 15) is 4.79 Å². The van der Waals surface area contributed by atoms with Gasteiger partial charge in [0.2, 0.25) is 5.91 Å². The van der Waals surface area contributed by atoms with Crippen LogP contribution in [0.2, 0.25) is 0 Å². The maximum absolute atomic E-state index is 11.3. The van der Waals surface area contributed by atoms with Gasteiger partial charge in [-0.25, -0.2) is 0 Å². The van der Waals surface area contributed by atoms with E-state index in [1.54, 1.807) is 0 Å². The molecular formula is C13H18BrNO2. The van der Waals surface area contributed by atoms with Gasteiger partial charge in [-0.2, -0.15) is 0 Å². The van der Waals surface area contributed by atoms with E-state index in [1.807, 2.05) is 24.3 Å². The molecule has 0 aliphatic carbocycles. The second kappa shape index (κ2) is 5.65. The monoisotopic (exact) mass is 299 g/mol. The van der Waals surface area contributed by atoms with Crippen LogP contribution in [0.5, 0.6) is 0 Å². The topological polar surface area (TPSA) is 49.3 Å². The molecule has 0 fully saturated rings. The molecule has 0 aromatic heterocycles. The molecule has 1 aromatic carbocycles. The van der Waals surface area contributed by atoms with Gasteiger partial charge in [0.25, 0.3) is 0 Å². The van der Waals surface area contributed by atoms with Crippen molar-refractivity contribution in [3.8, 4) is 0 Å². The Morgan fingerprint density at radius 3 is 2.71 bits per heavy atom. The summed E-state index contributed by atoms with van der Waals surface area (Å²) in [6, 6.07) is 8.00. The summed E-state index contributed by atoms with van der Waals surface area (Å²) in [5.74, 6) is -0.340. The maximum Gasteiger partial charge on any atom is 0.248 e. The summed E-state index contributed by atoms with van der Waals surface area (Å²) in [6.07, 6.45) is -0.965. The lowest BCUT2D eigenvalue weighted by Gasteiger charge is -2.26. The number of nitrogens with one attached hydrogen (secondary N) is 1. The van der Waals surface area contributed by atoms with Crippen LogP contribution in [-0.4, -0.2) is 23.7 Å². The van der Waals surface area contributed by atoms with E-state index in [2.05, 4.69) is 35.1 Å². The number of amides is 1. The number of hydrogen-bond acceptors (Lipinski definition) is 2. The maximum atomic E-state index is 11.3. The summed E-state index contributed by atoms with van der Waals surface area (Å²) in [5, 5.41) is 11.8. The molecule has 17 heavy (non-hydrogen) atoms. The van der Waals surface area contributed by atoms with Crippen LogP contribution in [0.1, 0.15) is 26.3 Å². The van der Waals surface area contributed by atoms with Crippen LogP contribution in [0.15, 0.2) is 28.7 Å². The highest BCUT2D eigenvalue weighted by atomic mass is 79.9. The van der Waals surface area contributed by atoms with Gasteiger partial charge < -0.3 is 10.4 Å². The fraction of sp³-hybridized carbons (Fsp3) is 0.462. The summed E-state index contributed by atoms with van der Waals surface area (Å²) in [7, 11) is 0. The Hall–Kier alpha value is -0.870. The Kier molecular flexibility index (Phi) is 4.71. The number of benzene rings is 1. The molecule has 0 bridgehead atoms. The van der Waals surface area contributed by atoms with Crippen LogP contribution in [-0.2, 0) is 10.2 Å². The van der Waals surface area contributed by atoms with Crippen molar-refractivity contribution >= 4 is 21.8 Å². The van der Waals surface area contributed by atoms with Gasteiger partial charge in [-0.3, -0.25) is 4.79 Å². The number of halogens is 1. The van der Waals surface area contributed by atoms with E-state index in [-0.39, 0.29) is 11.3 Å². The highest BCUT2D eigenvalue weighted by molar-refractivity contribution is 9.10. The van der Waals surface area contributed by atoms with Gasteiger partial charge in [0.15, 0.2) is 0 Å². The Balaban J connectivity index is 2.72. The van der Waals surface area contributed by atoms with Gasteiger partial charge in [0.1, 0.15) is 6.10 Å². The van der Waals surface area contributed by atoms with Crippen molar-refractivity contribution < 1.29 is 9.90 Å². The highest BCUT2D eigenvalue weighted by Gasteiger charge is 2.22. The normalized spacial score (nSPS) is 13.2. The largest absolute Gasteiger partial charge is 0.384 e. The fourth-order valence-corrected chi connectivity index (χ4v) is 1.87. The third-order valence-electron chi connectivity index (χ3n) is 2.69. The van der Waals surface area contributed by atoms with Crippen molar-refractivity contribution in [1.29, 1.82) is 0 Å².